The van der Waals surface area contributed by atoms with E-state index in [0.717, 1.165) is 18.7 Å². The van der Waals surface area contributed by atoms with Gasteiger partial charge in [-0.15, -0.1) is 0 Å². The summed E-state index contributed by atoms with van der Waals surface area (Å²) in [5, 5.41) is 13.5. The van der Waals surface area contributed by atoms with Gasteiger partial charge in [0.05, 0.1) is 25.9 Å². The Bertz CT molecular complexity index is 1170. The lowest BCUT2D eigenvalue weighted by atomic mass is 10.1. The van der Waals surface area contributed by atoms with Crippen LogP contribution in [-0.2, 0) is 9.53 Å². The molecule has 0 spiro atoms. The Balaban J connectivity index is 1.52. The molecule has 3 aliphatic rings. The van der Waals surface area contributed by atoms with Crippen LogP contribution >= 0.6 is 0 Å². The van der Waals surface area contributed by atoms with Gasteiger partial charge in [0.15, 0.2) is 11.5 Å². The average Bonchev–Trinajstić information content (AvgIpc) is 3.37. The van der Waals surface area contributed by atoms with Crippen molar-refractivity contribution in [3.63, 3.8) is 0 Å². The van der Waals surface area contributed by atoms with Crippen LogP contribution in [0, 0.1) is 0 Å². The highest BCUT2D eigenvalue weighted by Gasteiger charge is 2.33. The van der Waals surface area contributed by atoms with E-state index >= 15 is 0 Å². The summed E-state index contributed by atoms with van der Waals surface area (Å²) in [5.74, 6) is 1.64. The third kappa shape index (κ3) is 6.29. The van der Waals surface area contributed by atoms with Crippen LogP contribution in [0.25, 0.3) is 0 Å². The van der Waals surface area contributed by atoms with Crippen LogP contribution in [-0.4, -0.2) is 104 Å². The van der Waals surface area contributed by atoms with E-state index in [4.69, 9.17) is 19.2 Å². The number of fused-ring (bicyclic) bond motifs is 3. The number of aliphatic imine (C=N–C) groups is 3. The third-order valence-corrected chi connectivity index (χ3v) is 6.37. The number of amidine groups is 1. The molecular formula is C27H36N6O5. The summed E-state index contributed by atoms with van der Waals surface area (Å²) >= 11 is 0. The minimum Gasteiger partial charge on any atom is -0.491 e. The summed E-state index contributed by atoms with van der Waals surface area (Å²) in [5.41, 5.74) is 1.78. The molecule has 2 N–H and O–H groups in total. The van der Waals surface area contributed by atoms with E-state index < -0.39 is 6.10 Å². The van der Waals surface area contributed by atoms with Crippen LogP contribution in [0.4, 0.5) is 5.69 Å². The summed E-state index contributed by atoms with van der Waals surface area (Å²) in [6.45, 7) is 12.4. The summed E-state index contributed by atoms with van der Waals surface area (Å²) in [4.78, 5) is 29.9. The number of nitrogens with zero attached hydrogens (tertiary/aromatic N) is 5. The quantitative estimate of drug-likeness (QED) is 0.288. The van der Waals surface area contributed by atoms with Gasteiger partial charge in [-0.3, -0.25) is 29.9 Å². The second-order valence-electron chi connectivity index (χ2n) is 9.55. The van der Waals surface area contributed by atoms with Gasteiger partial charge in [-0.2, -0.15) is 0 Å². The van der Waals surface area contributed by atoms with Crippen molar-refractivity contribution in [1.29, 1.82) is 0 Å². The molecule has 1 amide bonds. The SMILES string of the molecule is C=N/C=C\C=C(/C)C(=O)NC1=Nc2c(ccc(OC[C@H](O)CN3C[C@@H](C)O[C@@H](C)C3)c2OC)C2=NCCN12. The number of allylic oxidation sites excluding steroid dienone is 2. The first-order chi connectivity index (χ1) is 18.3. The topological polar surface area (TPSA) is 121 Å². The number of morpholine rings is 1. The maximum Gasteiger partial charge on any atom is 0.253 e. The van der Waals surface area contributed by atoms with Gasteiger partial charge in [0.1, 0.15) is 24.2 Å². The van der Waals surface area contributed by atoms with Gasteiger partial charge in [0.2, 0.25) is 5.96 Å². The molecule has 204 valence electrons. The number of aliphatic hydroxyl groups excluding tert-OH is 1. The molecule has 1 aromatic carbocycles. The number of aliphatic hydroxyl groups is 1. The lowest BCUT2D eigenvalue weighted by molar-refractivity contribution is -0.116. The van der Waals surface area contributed by atoms with E-state index in [0.29, 0.717) is 54.2 Å². The maximum atomic E-state index is 12.8. The van der Waals surface area contributed by atoms with Crippen molar-refractivity contribution in [3.05, 3.63) is 41.6 Å². The van der Waals surface area contributed by atoms with E-state index in [9.17, 15) is 9.90 Å². The van der Waals surface area contributed by atoms with Gasteiger partial charge in [-0.1, -0.05) is 6.08 Å². The third-order valence-electron chi connectivity index (χ3n) is 6.37. The molecule has 0 radical (unpaired) electrons. The van der Waals surface area contributed by atoms with Crippen molar-refractivity contribution in [2.45, 2.75) is 39.1 Å². The van der Waals surface area contributed by atoms with E-state index in [1.165, 1.54) is 6.20 Å². The number of ether oxygens (including phenoxy) is 3. The van der Waals surface area contributed by atoms with Crippen molar-refractivity contribution in [1.82, 2.24) is 15.1 Å². The lowest BCUT2D eigenvalue weighted by Gasteiger charge is -2.36. The number of hydrogen-bond acceptors (Lipinski definition) is 10. The highest BCUT2D eigenvalue weighted by molar-refractivity contribution is 6.20. The first-order valence-corrected chi connectivity index (χ1v) is 12.7. The van der Waals surface area contributed by atoms with Crippen LogP contribution in [0.1, 0.15) is 26.3 Å². The van der Waals surface area contributed by atoms with E-state index in [1.54, 1.807) is 32.3 Å². The molecule has 3 atom stereocenters. The highest BCUT2D eigenvalue weighted by Crippen LogP contribution is 2.43. The molecule has 0 unspecified atom stereocenters. The van der Waals surface area contributed by atoms with E-state index in [2.05, 4.69) is 26.9 Å². The summed E-state index contributed by atoms with van der Waals surface area (Å²) in [7, 11) is 1.54. The van der Waals surface area contributed by atoms with E-state index in [1.807, 2.05) is 24.8 Å². The van der Waals surface area contributed by atoms with Crippen molar-refractivity contribution >= 4 is 30.1 Å². The van der Waals surface area contributed by atoms with Crippen molar-refractivity contribution in [3.8, 4) is 11.5 Å². The first kappa shape index (κ1) is 27.5. The Morgan fingerprint density at radius 3 is 2.84 bits per heavy atom. The zero-order chi connectivity index (χ0) is 27.2. The molecule has 4 rings (SSSR count). The fourth-order valence-corrected chi connectivity index (χ4v) is 4.79. The zero-order valence-corrected chi connectivity index (χ0v) is 22.4. The summed E-state index contributed by atoms with van der Waals surface area (Å²) < 4.78 is 17.5. The Hall–Kier alpha value is -3.54. The summed E-state index contributed by atoms with van der Waals surface area (Å²) in [6.07, 6.45) is 4.35. The Kier molecular flexibility index (Phi) is 8.93. The molecule has 0 saturated carbocycles. The molecule has 11 nitrogen and oxygen atoms in total. The van der Waals surface area contributed by atoms with Crippen LogP contribution in [0.15, 0.2) is 51.0 Å². The molecule has 1 fully saturated rings. The predicted molar refractivity (Wildman–Crippen MR) is 147 cm³/mol. The van der Waals surface area contributed by atoms with Gasteiger partial charge in [-0.25, -0.2) is 4.99 Å². The molecule has 1 aromatic rings. The Morgan fingerprint density at radius 2 is 2.13 bits per heavy atom. The van der Waals surface area contributed by atoms with Crippen LogP contribution < -0.4 is 14.8 Å². The smallest absolute Gasteiger partial charge is 0.253 e. The van der Waals surface area contributed by atoms with Gasteiger partial charge in [0.25, 0.3) is 5.91 Å². The molecule has 0 bridgehead atoms. The second-order valence-corrected chi connectivity index (χ2v) is 9.55. The molecule has 0 aliphatic carbocycles. The minimum atomic E-state index is -0.693. The van der Waals surface area contributed by atoms with Crippen LogP contribution in [0.5, 0.6) is 11.5 Å². The fourth-order valence-electron chi connectivity index (χ4n) is 4.79. The largest absolute Gasteiger partial charge is 0.491 e. The second kappa shape index (κ2) is 12.3. The van der Waals surface area contributed by atoms with Gasteiger partial charge in [-0.05, 0) is 45.7 Å². The number of benzene rings is 1. The molecule has 1 saturated heterocycles. The monoisotopic (exact) mass is 524 g/mol. The lowest BCUT2D eigenvalue weighted by Crippen LogP contribution is -2.48. The molecule has 11 heteroatoms. The first-order valence-electron chi connectivity index (χ1n) is 12.7. The number of carbonyl (C=O) groups is 1. The number of hydrogen-bond donors (Lipinski definition) is 2. The number of guanidine groups is 1. The number of amides is 1. The molecule has 0 aromatic heterocycles. The van der Waals surface area contributed by atoms with Crippen molar-refractivity contribution in [2.75, 3.05) is 46.4 Å². The number of carbonyl (C=O) groups excluding carboxylic acids is 1. The van der Waals surface area contributed by atoms with Crippen molar-refractivity contribution in [2.24, 2.45) is 15.0 Å². The summed E-state index contributed by atoms with van der Waals surface area (Å²) in [6, 6.07) is 3.68. The maximum absolute atomic E-state index is 12.8. The number of rotatable bonds is 9. The molecule has 38 heavy (non-hydrogen) atoms. The Morgan fingerprint density at radius 1 is 1.37 bits per heavy atom. The fraction of sp³-hybridized carbons (Fsp3) is 0.481. The molecule has 3 heterocycles. The highest BCUT2D eigenvalue weighted by atomic mass is 16.5. The van der Waals surface area contributed by atoms with Crippen molar-refractivity contribution < 1.29 is 24.1 Å². The Labute approximate surface area is 223 Å². The van der Waals surface area contributed by atoms with Gasteiger partial charge < -0.3 is 19.3 Å². The van der Waals surface area contributed by atoms with E-state index in [-0.39, 0.29) is 24.7 Å². The van der Waals surface area contributed by atoms with Crippen LogP contribution in [0.3, 0.4) is 0 Å². The minimum absolute atomic E-state index is 0.0900. The predicted octanol–water partition coefficient (Wildman–Crippen LogP) is 1.88. The average molecular weight is 525 g/mol. The van der Waals surface area contributed by atoms with Gasteiger partial charge in [0, 0.05) is 43.5 Å². The van der Waals surface area contributed by atoms with Gasteiger partial charge >= 0.3 is 0 Å². The number of methoxy groups -OCH3 is 1. The molecular weight excluding hydrogens is 488 g/mol. The normalized spacial score (nSPS) is 22.3. The number of nitrogens with one attached hydrogen (secondary N) is 1. The number of β-amino-alcohol motifs (C(OH)–C–C–N with tert-alkyl or cyclic N) is 1. The molecule has 3 aliphatic heterocycles. The van der Waals surface area contributed by atoms with Crippen LogP contribution in [0.2, 0.25) is 0 Å². The standard InChI is InChI=1S/C27H36N6O5/c1-17(7-6-10-28-4)26(35)31-27-30-23-21(25-29-11-12-33(25)27)8-9-22(24(23)36-5)37-16-20(34)15-32-13-18(2)38-19(3)14-32/h6-10,18-20,34H,4,11-16H2,1-3,5H3,(H,30,31,35)/b10-6-,17-7+/t18-,19+,20-/m1/s1. The zero-order valence-electron chi connectivity index (χ0n) is 22.4.